The maximum absolute atomic E-state index is 2.42. The molecule has 0 fully saturated rings. The van der Waals surface area contributed by atoms with Crippen molar-refractivity contribution in [1.82, 2.24) is 0 Å². The van der Waals surface area contributed by atoms with Crippen LogP contribution >= 0.6 is 0 Å². The minimum atomic E-state index is 0.203. The van der Waals surface area contributed by atoms with Crippen molar-refractivity contribution in [2.75, 3.05) is 0 Å². The first-order valence-corrected chi connectivity index (χ1v) is 9.40. The average molecular weight is 324 g/mol. The van der Waals surface area contributed by atoms with E-state index in [9.17, 15) is 0 Å². The zero-order valence-corrected chi connectivity index (χ0v) is 14.9. The Morgan fingerprint density at radius 2 is 1.64 bits per heavy atom. The summed E-state index contributed by atoms with van der Waals surface area (Å²) in [6, 6.07) is 8.98. The Morgan fingerprint density at radius 1 is 0.840 bits per heavy atom. The van der Waals surface area contributed by atoms with Gasteiger partial charge in [-0.3, -0.25) is 0 Å². The molecule has 3 unspecified atom stereocenters. The zero-order chi connectivity index (χ0) is 17.0. The summed E-state index contributed by atoms with van der Waals surface area (Å²) in [5.41, 5.74) is 7.74. The van der Waals surface area contributed by atoms with Gasteiger partial charge in [0.05, 0.1) is 0 Å². The van der Waals surface area contributed by atoms with Crippen LogP contribution in [-0.4, -0.2) is 0 Å². The van der Waals surface area contributed by atoms with Crippen molar-refractivity contribution in [3.8, 4) is 0 Å². The molecule has 4 aliphatic carbocycles. The van der Waals surface area contributed by atoms with Gasteiger partial charge in [0, 0.05) is 11.8 Å². The Bertz CT molecular complexity index is 911. The second kappa shape index (κ2) is 5.33. The molecule has 0 nitrogen and oxygen atoms in total. The van der Waals surface area contributed by atoms with Gasteiger partial charge in [-0.2, -0.15) is 0 Å². The standard InChI is InChI=1S/C25H24/c1-25(2)23-13-6-5-11-21(23)22-15-14-18(16-24(22)25)20-12-7-9-17-8-3-4-10-19(17)20/h3-15,17,19,24H,16H2,1-2H3. The van der Waals surface area contributed by atoms with Gasteiger partial charge in [-0.25, -0.2) is 0 Å². The monoisotopic (exact) mass is 324 g/mol. The molecule has 1 aromatic carbocycles. The van der Waals surface area contributed by atoms with Crippen LogP contribution in [0.1, 0.15) is 31.4 Å². The van der Waals surface area contributed by atoms with E-state index in [1.165, 1.54) is 27.8 Å². The lowest BCUT2D eigenvalue weighted by atomic mass is 9.69. The average Bonchev–Trinajstić information content (AvgIpc) is 2.89. The molecule has 0 aromatic heterocycles. The molecule has 0 radical (unpaired) electrons. The van der Waals surface area contributed by atoms with Gasteiger partial charge in [-0.1, -0.05) is 92.8 Å². The molecule has 5 rings (SSSR count). The maximum atomic E-state index is 2.42. The van der Waals surface area contributed by atoms with E-state index in [2.05, 4.69) is 92.8 Å². The van der Waals surface area contributed by atoms with Crippen molar-refractivity contribution in [2.24, 2.45) is 17.8 Å². The molecule has 0 amide bonds. The normalized spacial score (nSPS) is 30.8. The second-order valence-electron chi connectivity index (χ2n) is 8.22. The van der Waals surface area contributed by atoms with Gasteiger partial charge in [-0.15, -0.1) is 0 Å². The predicted molar refractivity (Wildman–Crippen MR) is 106 cm³/mol. The molecular formula is C25H24. The summed E-state index contributed by atoms with van der Waals surface area (Å²) in [7, 11) is 0. The molecule has 124 valence electrons. The fourth-order valence-corrected chi connectivity index (χ4v) is 5.16. The van der Waals surface area contributed by atoms with Crippen LogP contribution in [0.4, 0.5) is 0 Å². The van der Waals surface area contributed by atoms with Gasteiger partial charge in [0.2, 0.25) is 0 Å². The number of hydrogen-bond donors (Lipinski definition) is 0. The Hall–Kier alpha value is -2.34. The van der Waals surface area contributed by atoms with Gasteiger partial charge >= 0.3 is 0 Å². The van der Waals surface area contributed by atoms with Crippen LogP contribution in [0, 0.1) is 17.8 Å². The molecule has 0 heterocycles. The Balaban J connectivity index is 1.56. The fourth-order valence-electron chi connectivity index (χ4n) is 5.16. The highest BCUT2D eigenvalue weighted by atomic mass is 14.5. The lowest BCUT2D eigenvalue weighted by Crippen LogP contribution is -2.26. The zero-order valence-electron chi connectivity index (χ0n) is 14.9. The quantitative estimate of drug-likeness (QED) is 0.580. The van der Waals surface area contributed by atoms with E-state index in [1.807, 2.05) is 0 Å². The number of rotatable bonds is 1. The van der Waals surface area contributed by atoms with Gasteiger partial charge in [-0.05, 0) is 45.6 Å². The molecule has 1 aromatic rings. The van der Waals surface area contributed by atoms with Gasteiger partial charge in [0.1, 0.15) is 0 Å². The van der Waals surface area contributed by atoms with Crippen molar-refractivity contribution in [3.63, 3.8) is 0 Å². The summed E-state index contributed by atoms with van der Waals surface area (Å²) >= 11 is 0. The molecule has 0 heteroatoms. The summed E-state index contributed by atoms with van der Waals surface area (Å²) in [6.45, 7) is 4.84. The Kier molecular flexibility index (Phi) is 3.19. The summed E-state index contributed by atoms with van der Waals surface area (Å²) in [4.78, 5) is 0. The predicted octanol–water partition coefficient (Wildman–Crippen LogP) is 6.16. The molecule has 0 saturated carbocycles. The molecule has 25 heavy (non-hydrogen) atoms. The van der Waals surface area contributed by atoms with Crippen LogP contribution in [0.25, 0.3) is 5.57 Å². The number of hydrogen-bond acceptors (Lipinski definition) is 0. The summed E-state index contributed by atoms with van der Waals surface area (Å²) in [5, 5.41) is 0. The minimum absolute atomic E-state index is 0.203. The first kappa shape index (κ1) is 15.0. The van der Waals surface area contributed by atoms with Gasteiger partial charge < -0.3 is 0 Å². The molecule has 0 aliphatic heterocycles. The molecule has 0 spiro atoms. The third-order valence-corrected chi connectivity index (χ3v) is 6.58. The van der Waals surface area contributed by atoms with E-state index in [4.69, 9.17) is 0 Å². The van der Waals surface area contributed by atoms with Crippen molar-refractivity contribution in [2.45, 2.75) is 25.7 Å². The smallest absolute Gasteiger partial charge is 0.0122 e. The summed E-state index contributed by atoms with van der Waals surface area (Å²) in [6.07, 6.45) is 21.9. The molecule has 0 bridgehead atoms. The largest absolute Gasteiger partial charge is 0.0767 e. The van der Waals surface area contributed by atoms with E-state index in [0.29, 0.717) is 17.8 Å². The maximum Gasteiger partial charge on any atom is 0.0122 e. The topological polar surface area (TPSA) is 0 Å². The van der Waals surface area contributed by atoms with Crippen LogP contribution in [0.2, 0.25) is 0 Å². The molecule has 4 aliphatic rings. The minimum Gasteiger partial charge on any atom is -0.0767 e. The fraction of sp³-hybridized carbons (Fsp3) is 0.280. The van der Waals surface area contributed by atoms with Crippen LogP contribution in [0.5, 0.6) is 0 Å². The van der Waals surface area contributed by atoms with Crippen LogP contribution in [0.3, 0.4) is 0 Å². The van der Waals surface area contributed by atoms with Gasteiger partial charge in [0.15, 0.2) is 0 Å². The van der Waals surface area contributed by atoms with Crippen LogP contribution < -0.4 is 0 Å². The van der Waals surface area contributed by atoms with E-state index < -0.39 is 0 Å². The molecule has 0 saturated heterocycles. The Labute approximate surface area is 150 Å². The molecule has 0 N–H and O–H groups in total. The second-order valence-corrected chi connectivity index (χ2v) is 8.22. The highest BCUT2D eigenvalue weighted by Gasteiger charge is 2.44. The number of allylic oxidation sites excluding steroid dienone is 12. The highest BCUT2D eigenvalue weighted by molar-refractivity contribution is 5.80. The van der Waals surface area contributed by atoms with Crippen molar-refractivity contribution in [1.29, 1.82) is 0 Å². The third-order valence-electron chi connectivity index (χ3n) is 6.58. The SMILES string of the molecule is CC1(C)c2ccccc2C2=CC=C(C3=CC=CC4C=CC=CC34)CC21. The van der Waals surface area contributed by atoms with Crippen LogP contribution in [-0.2, 0) is 5.41 Å². The molecule has 3 atom stereocenters. The highest BCUT2D eigenvalue weighted by Crippen LogP contribution is 2.55. The molecular weight excluding hydrogens is 300 g/mol. The first-order chi connectivity index (χ1) is 12.2. The lowest BCUT2D eigenvalue weighted by molar-refractivity contribution is 0.407. The number of benzene rings is 1. The van der Waals surface area contributed by atoms with Crippen molar-refractivity contribution in [3.05, 3.63) is 101 Å². The third kappa shape index (κ3) is 2.13. The van der Waals surface area contributed by atoms with Crippen LogP contribution in [0.15, 0.2) is 90.1 Å². The van der Waals surface area contributed by atoms with Gasteiger partial charge in [0.25, 0.3) is 0 Å². The lowest BCUT2D eigenvalue weighted by Gasteiger charge is -2.35. The van der Waals surface area contributed by atoms with E-state index in [1.54, 1.807) is 0 Å². The summed E-state index contributed by atoms with van der Waals surface area (Å²) < 4.78 is 0. The van der Waals surface area contributed by atoms with E-state index in [0.717, 1.165) is 6.42 Å². The first-order valence-electron chi connectivity index (χ1n) is 9.40. The number of fused-ring (bicyclic) bond motifs is 4. The Morgan fingerprint density at radius 3 is 2.56 bits per heavy atom. The van der Waals surface area contributed by atoms with Crippen molar-refractivity contribution >= 4 is 5.57 Å². The van der Waals surface area contributed by atoms with Crippen molar-refractivity contribution < 1.29 is 0 Å². The van der Waals surface area contributed by atoms with E-state index >= 15 is 0 Å². The van der Waals surface area contributed by atoms with E-state index in [-0.39, 0.29) is 5.41 Å². The summed E-state index contributed by atoms with van der Waals surface area (Å²) in [5.74, 6) is 1.60.